The Morgan fingerprint density at radius 2 is 1.96 bits per heavy atom. The average Bonchev–Trinajstić information content (AvgIpc) is 2.59. The summed E-state index contributed by atoms with van der Waals surface area (Å²) in [6.07, 6.45) is 0. The smallest absolute Gasteiger partial charge is 0.131 e. The Hall–Kier alpha value is -3.06. The highest BCUT2D eigenvalue weighted by Gasteiger charge is 2.08. The number of benzene rings is 2. The Kier molecular flexibility index (Phi) is 4.11. The molecule has 2 aromatic carbocycles. The summed E-state index contributed by atoms with van der Waals surface area (Å²) in [7, 11) is 1.63. The highest BCUT2D eigenvalue weighted by molar-refractivity contribution is 5.86. The van der Waals surface area contributed by atoms with E-state index in [0.717, 1.165) is 33.7 Å². The van der Waals surface area contributed by atoms with Crippen molar-refractivity contribution in [3.05, 3.63) is 65.4 Å². The molecule has 23 heavy (non-hydrogen) atoms. The second kappa shape index (κ2) is 6.37. The van der Waals surface area contributed by atoms with Crippen molar-refractivity contribution >= 4 is 10.9 Å². The van der Waals surface area contributed by atoms with Crippen LogP contribution in [0.4, 0.5) is 0 Å². The molecule has 3 aromatic rings. The number of fused-ring (bicyclic) bond motifs is 1. The number of aryl methyl sites for hydroxylation is 1. The number of nitrogens with zero attached hydrogens (tertiary/aromatic N) is 2. The van der Waals surface area contributed by atoms with Gasteiger partial charge in [-0.3, -0.25) is 4.98 Å². The molecule has 0 aliphatic heterocycles. The molecule has 0 atom stereocenters. The fraction of sp³-hybridized carbons (Fsp3) is 0.158. The first kappa shape index (κ1) is 14.9. The fourth-order valence-corrected chi connectivity index (χ4v) is 2.46. The van der Waals surface area contributed by atoms with Gasteiger partial charge in [-0.05, 0) is 31.2 Å². The van der Waals surface area contributed by atoms with Crippen molar-refractivity contribution in [1.82, 2.24) is 4.98 Å². The van der Waals surface area contributed by atoms with Crippen LogP contribution < -0.4 is 9.47 Å². The molecule has 1 heterocycles. The van der Waals surface area contributed by atoms with Crippen LogP contribution in [0.2, 0.25) is 0 Å². The van der Waals surface area contributed by atoms with Crippen LogP contribution in [-0.2, 0) is 6.61 Å². The predicted molar refractivity (Wildman–Crippen MR) is 88.5 cm³/mol. The second-order valence-corrected chi connectivity index (χ2v) is 5.20. The quantitative estimate of drug-likeness (QED) is 0.731. The summed E-state index contributed by atoms with van der Waals surface area (Å²) >= 11 is 0. The normalized spacial score (nSPS) is 10.3. The molecule has 0 saturated carbocycles. The summed E-state index contributed by atoms with van der Waals surface area (Å²) in [6, 6.07) is 17.2. The number of pyridine rings is 1. The van der Waals surface area contributed by atoms with E-state index in [-0.39, 0.29) is 0 Å². The standard InChI is InChI=1S/C19H16N2O2/c1-13-9-19(17-10-16(22-2)7-8-18(17)21-13)23-12-15-6-4-3-5-14(15)11-20/h3-10H,12H2,1-2H3. The Bertz CT molecular complexity index is 898. The van der Waals surface area contributed by atoms with Crippen molar-refractivity contribution in [2.24, 2.45) is 0 Å². The third-order valence-electron chi connectivity index (χ3n) is 3.63. The average molecular weight is 304 g/mol. The molecule has 1 aromatic heterocycles. The fourth-order valence-electron chi connectivity index (χ4n) is 2.46. The summed E-state index contributed by atoms with van der Waals surface area (Å²) in [5.74, 6) is 1.49. The summed E-state index contributed by atoms with van der Waals surface area (Å²) in [5, 5.41) is 10.1. The SMILES string of the molecule is COc1ccc2nc(C)cc(OCc3ccccc3C#N)c2c1. The first-order valence-electron chi connectivity index (χ1n) is 7.27. The Morgan fingerprint density at radius 3 is 2.74 bits per heavy atom. The van der Waals surface area contributed by atoms with Crippen molar-refractivity contribution in [3.63, 3.8) is 0 Å². The zero-order valence-electron chi connectivity index (χ0n) is 13.0. The maximum atomic E-state index is 9.17. The molecule has 4 nitrogen and oxygen atoms in total. The molecule has 0 N–H and O–H groups in total. The van der Waals surface area contributed by atoms with E-state index in [0.29, 0.717) is 12.2 Å². The van der Waals surface area contributed by atoms with Crippen LogP contribution in [0, 0.1) is 18.3 Å². The number of hydrogen-bond acceptors (Lipinski definition) is 4. The van der Waals surface area contributed by atoms with Gasteiger partial charge < -0.3 is 9.47 Å². The zero-order chi connectivity index (χ0) is 16.2. The van der Waals surface area contributed by atoms with Crippen LogP contribution in [0.1, 0.15) is 16.8 Å². The van der Waals surface area contributed by atoms with Gasteiger partial charge in [0.1, 0.15) is 18.1 Å². The van der Waals surface area contributed by atoms with Gasteiger partial charge in [-0.15, -0.1) is 0 Å². The minimum atomic E-state index is 0.333. The summed E-state index contributed by atoms with van der Waals surface area (Å²) in [5.41, 5.74) is 3.22. The highest BCUT2D eigenvalue weighted by atomic mass is 16.5. The minimum absolute atomic E-state index is 0.333. The predicted octanol–water partition coefficient (Wildman–Crippen LogP) is 4.00. The Balaban J connectivity index is 1.97. The van der Waals surface area contributed by atoms with E-state index in [1.54, 1.807) is 13.2 Å². The number of methoxy groups -OCH3 is 1. The summed E-state index contributed by atoms with van der Waals surface area (Å²) in [6.45, 7) is 2.26. The molecule has 114 valence electrons. The number of rotatable bonds is 4. The molecular formula is C19H16N2O2. The van der Waals surface area contributed by atoms with E-state index in [9.17, 15) is 0 Å². The van der Waals surface area contributed by atoms with Crippen molar-refractivity contribution < 1.29 is 9.47 Å². The Morgan fingerprint density at radius 1 is 1.13 bits per heavy atom. The lowest BCUT2D eigenvalue weighted by atomic mass is 10.1. The molecule has 0 unspecified atom stereocenters. The highest BCUT2D eigenvalue weighted by Crippen LogP contribution is 2.29. The third-order valence-corrected chi connectivity index (χ3v) is 3.63. The maximum Gasteiger partial charge on any atom is 0.131 e. The van der Waals surface area contributed by atoms with Gasteiger partial charge in [0.05, 0.1) is 24.3 Å². The van der Waals surface area contributed by atoms with Crippen LogP contribution in [0.25, 0.3) is 10.9 Å². The van der Waals surface area contributed by atoms with E-state index in [1.165, 1.54) is 0 Å². The van der Waals surface area contributed by atoms with E-state index in [2.05, 4.69) is 11.1 Å². The number of ether oxygens (including phenoxy) is 2. The molecule has 0 bridgehead atoms. The van der Waals surface area contributed by atoms with Crippen LogP contribution in [0.15, 0.2) is 48.5 Å². The summed E-state index contributed by atoms with van der Waals surface area (Å²) in [4.78, 5) is 4.51. The molecule has 0 radical (unpaired) electrons. The lowest BCUT2D eigenvalue weighted by Gasteiger charge is -2.12. The van der Waals surface area contributed by atoms with Crippen LogP contribution in [0.5, 0.6) is 11.5 Å². The molecule has 0 aliphatic rings. The molecule has 0 amide bonds. The lowest BCUT2D eigenvalue weighted by molar-refractivity contribution is 0.309. The van der Waals surface area contributed by atoms with E-state index >= 15 is 0 Å². The molecule has 0 saturated heterocycles. The van der Waals surface area contributed by atoms with Gasteiger partial charge in [0.2, 0.25) is 0 Å². The van der Waals surface area contributed by atoms with E-state index < -0.39 is 0 Å². The molecule has 0 spiro atoms. The van der Waals surface area contributed by atoms with Crippen LogP contribution in [-0.4, -0.2) is 12.1 Å². The zero-order valence-corrected chi connectivity index (χ0v) is 13.0. The molecular weight excluding hydrogens is 288 g/mol. The molecule has 4 heteroatoms. The third kappa shape index (κ3) is 3.09. The number of hydrogen-bond donors (Lipinski definition) is 0. The maximum absolute atomic E-state index is 9.17. The number of nitriles is 1. The van der Waals surface area contributed by atoms with E-state index in [4.69, 9.17) is 14.7 Å². The first-order valence-corrected chi connectivity index (χ1v) is 7.27. The van der Waals surface area contributed by atoms with Gasteiger partial charge in [0.15, 0.2) is 0 Å². The van der Waals surface area contributed by atoms with E-state index in [1.807, 2.05) is 49.4 Å². The van der Waals surface area contributed by atoms with Crippen LogP contribution in [0.3, 0.4) is 0 Å². The van der Waals surface area contributed by atoms with Gasteiger partial charge in [-0.2, -0.15) is 5.26 Å². The summed E-state index contributed by atoms with van der Waals surface area (Å²) < 4.78 is 11.3. The van der Waals surface area contributed by atoms with Gasteiger partial charge in [-0.1, -0.05) is 18.2 Å². The number of aromatic nitrogens is 1. The second-order valence-electron chi connectivity index (χ2n) is 5.20. The van der Waals surface area contributed by atoms with Crippen LogP contribution >= 0.6 is 0 Å². The van der Waals surface area contributed by atoms with Crippen molar-refractivity contribution in [1.29, 1.82) is 5.26 Å². The van der Waals surface area contributed by atoms with Crippen molar-refractivity contribution in [2.75, 3.05) is 7.11 Å². The monoisotopic (exact) mass is 304 g/mol. The van der Waals surface area contributed by atoms with Gasteiger partial charge >= 0.3 is 0 Å². The lowest BCUT2D eigenvalue weighted by Crippen LogP contribution is -2.00. The minimum Gasteiger partial charge on any atom is -0.497 e. The molecule has 0 fully saturated rings. The Labute approximate surface area is 134 Å². The van der Waals surface area contributed by atoms with Gasteiger partial charge in [-0.25, -0.2) is 0 Å². The first-order chi connectivity index (χ1) is 11.2. The van der Waals surface area contributed by atoms with Gasteiger partial charge in [0.25, 0.3) is 0 Å². The molecule has 0 aliphatic carbocycles. The van der Waals surface area contributed by atoms with Crippen molar-refractivity contribution in [2.45, 2.75) is 13.5 Å². The van der Waals surface area contributed by atoms with Crippen molar-refractivity contribution in [3.8, 4) is 17.6 Å². The topological polar surface area (TPSA) is 55.1 Å². The largest absolute Gasteiger partial charge is 0.497 e. The molecule has 3 rings (SSSR count). The van der Waals surface area contributed by atoms with Gasteiger partial charge in [0, 0.05) is 22.7 Å².